The van der Waals surface area contributed by atoms with E-state index in [0.29, 0.717) is 25.7 Å². The van der Waals surface area contributed by atoms with E-state index in [0.717, 1.165) is 116 Å². The molecule has 2 unspecified atom stereocenters. The lowest BCUT2D eigenvalue weighted by Gasteiger charge is -2.21. The van der Waals surface area contributed by atoms with Gasteiger partial charge in [-0.3, -0.25) is 37.3 Å². The highest BCUT2D eigenvalue weighted by Crippen LogP contribution is 2.45. The zero-order valence-corrected chi connectivity index (χ0v) is 57.1. The molecule has 17 nitrogen and oxygen atoms in total. The Hall–Kier alpha value is -1.94. The highest BCUT2D eigenvalue weighted by atomic mass is 31.2. The van der Waals surface area contributed by atoms with E-state index >= 15 is 0 Å². The van der Waals surface area contributed by atoms with Crippen molar-refractivity contribution in [3.8, 4) is 0 Å². The number of phosphoric acid groups is 2. The van der Waals surface area contributed by atoms with E-state index in [1.807, 2.05) is 0 Å². The van der Waals surface area contributed by atoms with Crippen LogP contribution in [-0.4, -0.2) is 96.7 Å². The third kappa shape index (κ3) is 60.9. The molecule has 510 valence electrons. The van der Waals surface area contributed by atoms with E-state index in [9.17, 15) is 43.2 Å². The van der Waals surface area contributed by atoms with E-state index in [1.165, 1.54) is 154 Å². The van der Waals surface area contributed by atoms with Crippen LogP contribution in [-0.2, 0) is 65.4 Å². The van der Waals surface area contributed by atoms with Gasteiger partial charge in [0.15, 0.2) is 12.2 Å². The molecule has 0 aliphatic carbocycles. The van der Waals surface area contributed by atoms with Crippen LogP contribution in [0.25, 0.3) is 0 Å². The first-order chi connectivity index (χ1) is 41.7. The van der Waals surface area contributed by atoms with E-state index in [-0.39, 0.29) is 25.7 Å². The van der Waals surface area contributed by atoms with Gasteiger partial charge in [0.2, 0.25) is 0 Å². The number of carbonyl (C=O) groups excluding carboxylic acids is 4. The Morgan fingerprint density at radius 3 is 0.686 bits per heavy atom. The second-order valence-electron chi connectivity index (χ2n) is 24.2. The van der Waals surface area contributed by atoms with Crippen molar-refractivity contribution >= 4 is 39.5 Å². The smallest absolute Gasteiger partial charge is 0.462 e. The lowest BCUT2D eigenvalue weighted by atomic mass is 10.0. The maximum Gasteiger partial charge on any atom is 0.472 e. The van der Waals surface area contributed by atoms with Crippen LogP contribution in [0.15, 0.2) is 0 Å². The molecule has 0 radical (unpaired) electrons. The SMILES string of the molecule is CCCCCCCCCCCCCCCCCCCC(=O)O[C@H](COC(=O)CCCCCCCCCCCCCCCCC)COP(=O)(O)OC[C@@H](O)COP(=O)(O)OC[C@@H](COC(=O)CCCCCCCCC)OC(=O)CCCCCCCCC. The first-order valence-corrected chi connectivity index (χ1v) is 38.3. The molecule has 0 fully saturated rings. The molecule has 0 aliphatic rings. The summed E-state index contributed by atoms with van der Waals surface area (Å²) in [5.41, 5.74) is 0. The van der Waals surface area contributed by atoms with Crippen LogP contribution in [0.3, 0.4) is 0 Å². The van der Waals surface area contributed by atoms with Gasteiger partial charge in [0.1, 0.15) is 19.3 Å². The molecule has 0 saturated carbocycles. The van der Waals surface area contributed by atoms with Gasteiger partial charge in [-0.2, -0.15) is 0 Å². The highest BCUT2D eigenvalue weighted by Gasteiger charge is 2.30. The monoisotopic (exact) mass is 1270 g/mol. The lowest BCUT2D eigenvalue weighted by molar-refractivity contribution is -0.161. The summed E-state index contributed by atoms with van der Waals surface area (Å²) in [7, 11) is -9.88. The standard InChI is InChI=1S/C67H130O17P2/c1-5-9-13-17-21-23-25-27-29-30-32-34-36-38-42-46-50-54-67(72)84-63(58-78-65(70)52-48-44-41-37-35-33-31-28-26-24-22-18-14-10-6-2)60-82-86(75,76)80-56-61(68)55-79-85(73,74)81-59-62(83-66(71)53-49-45-40-20-16-12-8-4)57-77-64(69)51-47-43-39-19-15-11-7-3/h61-63,68H,5-60H2,1-4H3,(H,73,74)(H,75,76)/t61-,62+,63+/m0/s1. The predicted octanol–water partition coefficient (Wildman–Crippen LogP) is 19.1. The third-order valence-corrected chi connectivity index (χ3v) is 17.5. The molecular weight excluding hydrogens is 1140 g/mol. The number of aliphatic hydroxyl groups excluding tert-OH is 1. The summed E-state index contributed by atoms with van der Waals surface area (Å²) < 4.78 is 67.9. The molecule has 0 amide bonds. The molecule has 3 N–H and O–H groups in total. The largest absolute Gasteiger partial charge is 0.472 e. The average Bonchev–Trinajstić information content (AvgIpc) is 3.71. The highest BCUT2D eigenvalue weighted by molar-refractivity contribution is 7.47. The van der Waals surface area contributed by atoms with Crippen molar-refractivity contribution in [3.63, 3.8) is 0 Å². The molecule has 0 spiro atoms. The van der Waals surface area contributed by atoms with Crippen LogP contribution >= 0.6 is 15.6 Å². The number of hydrogen-bond acceptors (Lipinski definition) is 15. The maximum atomic E-state index is 13.0. The normalized spacial score (nSPS) is 14.1. The Morgan fingerprint density at radius 1 is 0.279 bits per heavy atom. The minimum Gasteiger partial charge on any atom is -0.462 e. The van der Waals surface area contributed by atoms with Crippen molar-refractivity contribution in [2.75, 3.05) is 39.6 Å². The van der Waals surface area contributed by atoms with E-state index in [1.54, 1.807) is 0 Å². The van der Waals surface area contributed by atoms with Crippen molar-refractivity contribution in [2.45, 2.75) is 367 Å². The van der Waals surface area contributed by atoms with Crippen molar-refractivity contribution in [1.82, 2.24) is 0 Å². The Balaban J connectivity index is 5.15. The summed E-state index contributed by atoms with van der Waals surface area (Å²) in [6.45, 7) is 4.84. The Kier molecular flexibility index (Phi) is 60.5. The van der Waals surface area contributed by atoms with Crippen molar-refractivity contribution < 1.29 is 80.2 Å². The summed E-state index contributed by atoms with van der Waals surface area (Å²) in [4.78, 5) is 72.1. The molecule has 0 heterocycles. The summed E-state index contributed by atoms with van der Waals surface area (Å²) in [6, 6.07) is 0. The molecule has 0 aromatic heterocycles. The molecule has 19 heteroatoms. The zero-order valence-electron chi connectivity index (χ0n) is 55.3. The average molecular weight is 1270 g/mol. The number of unbranched alkanes of at least 4 members (excludes halogenated alkanes) is 42. The van der Waals surface area contributed by atoms with Gasteiger partial charge in [-0.05, 0) is 25.7 Å². The van der Waals surface area contributed by atoms with E-state index < -0.39 is 97.5 Å². The van der Waals surface area contributed by atoms with E-state index in [4.69, 9.17) is 37.0 Å². The summed E-state index contributed by atoms with van der Waals surface area (Å²) in [6.07, 6.45) is 48.9. The second-order valence-corrected chi connectivity index (χ2v) is 27.1. The molecule has 0 rings (SSSR count). The molecule has 0 aromatic carbocycles. The number of phosphoric ester groups is 2. The number of carbonyl (C=O) groups is 4. The van der Waals surface area contributed by atoms with Gasteiger partial charge in [-0.1, -0.05) is 297 Å². The Morgan fingerprint density at radius 2 is 0.465 bits per heavy atom. The van der Waals surface area contributed by atoms with Crippen LogP contribution in [0.4, 0.5) is 0 Å². The van der Waals surface area contributed by atoms with Gasteiger partial charge in [-0.25, -0.2) is 9.13 Å². The van der Waals surface area contributed by atoms with Crippen LogP contribution in [0.5, 0.6) is 0 Å². The van der Waals surface area contributed by atoms with Gasteiger partial charge < -0.3 is 33.8 Å². The number of aliphatic hydroxyl groups is 1. The number of ether oxygens (including phenoxy) is 4. The molecular formula is C67H130O17P2. The molecule has 0 aliphatic heterocycles. The van der Waals surface area contributed by atoms with Gasteiger partial charge in [-0.15, -0.1) is 0 Å². The molecule has 0 saturated heterocycles. The molecule has 0 bridgehead atoms. The second kappa shape index (κ2) is 61.9. The van der Waals surface area contributed by atoms with E-state index in [2.05, 4.69) is 27.7 Å². The first kappa shape index (κ1) is 84.1. The third-order valence-electron chi connectivity index (χ3n) is 15.6. The van der Waals surface area contributed by atoms with Crippen LogP contribution < -0.4 is 0 Å². The fourth-order valence-electron chi connectivity index (χ4n) is 10.2. The zero-order chi connectivity index (χ0) is 63.3. The first-order valence-electron chi connectivity index (χ1n) is 35.3. The van der Waals surface area contributed by atoms with Crippen molar-refractivity contribution in [1.29, 1.82) is 0 Å². The molecule has 0 aromatic rings. The fourth-order valence-corrected chi connectivity index (χ4v) is 11.7. The maximum absolute atomic E-state index is 13.0. The van der Waals surface area contributed by atoms with Crippen LogP contribution in [0.2, 0.25) is 0 Å². The van der Waals surface area contributed by atoms with Gasteiger partial charge in [0.05, 0.1) is 26.4 Å². The topological polar surface area (TPSA) is 237 Å². The number of hydrogen-bond donors (Lipinski definition) is 3. The number of rotatable bonds is 68. The lowest BCUT2D eigenvalue weighted by Crippen LogP contribution is -2.30. The van der Waals surface area contributed by atoms with Crippen LogP contribution in [0.1, 0.15) is 349 Å². The van der Waals surface area contributed by atoms with Gasteiger partial charge >= 0.3 is 39.5 Å². The summed E-state index contributed by atoms with van der Waals surface area (Å²) >= 11 is 0. The van der Waals surface area contributed by atoms with Gasteiger partial charge in [0.25, 0.3) is 0 Å². The summed E-state index contributed by atoms with van der Waals surface area (Å²) in [5, 5.41) is 10.5. The van der Waals surface area contributed by atoms with Crippen LogP contribution in [0, 0.1) is 0 Å². The predicted molar refractivity (Wildman–Crippen MR) is 345 cm³/mol. The summed E-state index contributed by atoms with van der Waals surface area (Å²) in [5.74, 6) is -2.13. The minimum atomic E-state index is -4.95. The van der Waals surface area contributed by atoms with Crippen molar-refractivity contribution in [2.24, 2.45) is 0 Å². The quantitative estimate of drug-likeness (QED) is 0.0222. The minimum absolute atomic E-state index is 0.104. The number of esters is 4. The Labute approximate surface area is 524 Å². The Bertz CT molecular complexity index is 1650. The van der Waals surface area contributed by atoms with Crippen molar-refractivity contribution in [3.05, 3.63) is 0 Å². The molecule has 5 atom stereocenters. The molecule has 86 heavy (non-hydrogen) atoms. The fraction of sp³-hybridized carbons (Fsp3) is 0.940. The van der Waals surface area contributed by atoms with Gasteiger partial charge in [0, 0.05) is 25.7 Å².